The summed E-state index contributed by atoms with van der Waals surface area (Å²) in [5, 5.41) is 9.54. The summed E-state index contributed by atoms with van der Waals surface area (Å²) < 4.78 is 14.4. The minimum absolute atomic E-state index is 0.817. The zero-order valence-corrected chi connectivity index (χ0v) is 49.6. The first-order valence-electron chi connectivity index (χ1n) is 30.6. The van der Waals surface area contributed by atoms with Gasteiger partial charge in [0.15, 0.2) is 5.58 Å². The molecule has 18 aromatic rings. The van der Waals surface area contributed by atoms with Gasteiger partial charge in [-0.25, -0.2) is 0 Å². The maximum absolute atomic E-state index is 7.13. The molecule has 0 atom stereocenters. The standard InChI is InChI=1S/C84H54N4OS/c1-4-21-60(22-5-1)85(63-44-38-55(39-45-63)57-42-49-75-71(53-57)67-28-10-14-32-73(67)87(75)61-23-6-2-7-24-61)78-51-48-66(82-69-30-12-16-35-79(69)89-84(78)82)59-20-18-27-65(52-59)86(77-34-19-37-81-83(77)70-31-13-17-36-80(70)90-81)64-46-40-56(41-47-64)58-43-50-76-72(54-58)68-29-11-15-33-74(68)88(76)62-25-8-3-9-26-62/h1-54H. The van der Waals surface area contributed by atoms with E-state index in [1.54, 1.807) is 0 Å². The molecule has 18 rings (SSSR count). The van der Waals surface area contributed by atoms with Crippen molar-refractivity contribution in [1.29, 1.82) is 0 Å². The number of thiophene rings is 1. The molecular weight excluding hydrogens is 1110 g/mol. The van der Waals surface area contributed by atoms with Crippen LogP contribution < -0.4 is 9.80 Å². The molecule has 0 radical (unpaired) electrons. The Bertz CT molecular complexity index is 5780. The zero-order chi connectivity index (χ0) is 59.2. The van der Waals surface area contributed by atoms with Crippen LogP contribution in [0.15, 0.2) is 332 Å². The summed E-state index contributed by atoms with van der Waals surface area (Å²) in [6, 6.07) is 119. The van der Waals surface area contributed by atoms with Crippen LogP contribution in [-0.2, 0) is 0 Å². The number of fused-ring (bicyclic) bond motifs is 12. The summed E-state index contributed by atoms with van der Waals surface area (Å²) in [6.07, 6.45) is 0. The number of anilines is 6. The molecule has 5 nitrogen and oxygen atoms in total. The van der Waals surface area contributed by atoms with Gasteiger partial charge in [-0.3, -0.25) is 0 Å². The van der Waals surface area contributed by atoms with Crippen molar-refractivity contribution < 1.29 is 4.42 Å². The topological polar surface area (TPSA) is 29.5 Å². The van der Waals surface area contributed by atoms with Gasteiger partial charge in [-0.05, 0) is 173 Å². The monoisotopic (exact) mass is 1170 g/mol. The average Bonchev–Trinajstić information content (AvgIpc) is 1.75. The molecule has 0 aliphatic carbocycles. The maximum Gasteiger partial charge on any atom is 0.160 e. The highest BCUT2D eigenvalue weighted by atomic mass is 32.1. The second kappa shape index (κ2) is 21.0. The van der Waals surface area contributed by atoms with Crippen LogP contribution in [0.1, 0.15) is 0 Å². The van der Waals surface area contributed by atoms with Crippen molar-refractivity contribution in [2.24, 2.45) is 0 Å². The van der Waals surface area contributed by atoms with Crippen LogP contribution in [-0.4, -0.2) is 9.13 Å². The number of aromatic nitrogens is 2. The van der Waals surface area contributed by atoms with Crippen LogP contribution in [0.5, 0.6) is 0 Å². The van der Waals surface area contributed by atoms with E-state index in [1.165, 1.54) is 69.3 Å². The van der Waals surface area contributed by atoms with Gasteiger partial charge >= 0.3 is 0 Å². The fourth-order valence-corrected chi connectivity index (χ4v) is 15.2. The molecule has 6 heteroatoms. The summed E-state index contributed by atoms with van der Waals surface area (Å²) >= 11 is 1.85. The van der Waals surface area contributed by atoms with Gasteiger partial charge in [0.05, 0.1) is 33.4 Å². The molecule has 0 aliphatic heterocycles. The third-order valence-electron chi connectivity index (χ3n) is 18.1. The van der Waals surface area contributed by atoms with Gasteiger partial charge < -0.3 is 23.4 Å². The minimum Gasteiger partial charge on any atom is -0.454 e. The Labute approximate surface area is 523 Å². The van der Waals surface area contributed by atoms with E-state index in [2.05, 4.69) is 347 Å². The molecule has 14 aromatic carbocycles. The van der Waals surface area contributed by atoms with E-state index in [-0.39, 0.29) is 0 Å². The molecule has 0 spiro atoms. The van der Waals surface area contributed by atoms with Crippen LogP contribution in [0.25, 0.3) is 130 Å². The number of benzene rings is 14. The lowest BCUT2D eigenvalue weighted by Crippen LogP contribution is -2.11. The lowest BCUT2D eigenvalue weighted by molar-refractivity contribution is 0.669. The fourth-order valence-electron chi connectivity index (χ4n) is 14.0. The quantitative estimate of drug-likeness (QED) is 0.129. The summed E-state index contributed by atoms with van der Waals surface area (Å²) in [4.78, 5) is 4.79. The molecule has 4 aromatic heterocycles. The highest BCUT2D eigenvalue weighted by Crippen LogP contribution is 2.50. The number of hydrogen-bond donors (Lipinski definition) is 0. The molecule has 0 saturated carbocycles. The normalized spacial score (nSPS) is 11.8. The molecule has 0 bridgehead atoms. The summed E-state index contributed by atoms with van der Waals surface area (Å²) in [5.74, 6) is 0. The van der Waals surface area contributed by atoms with Gasteiger partial charge in [-0.15, -0.1) is 11.3 Å². The van der Waals surface area contributed by atoms with Crippen LogP contribution in [0.3, 0.4) is 0 Å². The molecule has 0 fully saturated rings. The SMILES string of the molecule is c1ccc(N(c2ccc(-c3ccc4c(c3)c3ccccc3n4-c3ccccc3)cc2)c2ccc(-c3cccc(N(c4ccc(-c5ccc6c(c5)c5ccccc5n6-c5ccccc5)cc4)c4cccc5sc6ccccc6c45)c3)c3c2oc2ccccc23)cc1. The van der Waals surface area contributed by atoms with Crippen molar-refractivity contribution in [1.82, 2.24) is 9.13 Å². The minimum atomic E-state index is 0.817. The molecular formula is C84H54N4OS. The van der Waals surface area contributed by atoms with Gasteiger partial charge in [0.2, 0.25) is 0 Å². The van der Waals surface area contributed by atoms with Gasteiger partial charge in [-0.1, -0.05) is 188 Å². The van der Waals surface area contributed by atoms with E-state index in [0.717, 1.165) is 95.3 Å². The largest absolute Gasteiger partial charge is 0.454 e. The molecule has 90 heavy (non-hydrogen) atoms. The van der Waals surface area contributed by atoms with Crippen molar-refractivity contribution in [2.45, 2.75) is 0 Å². The first-order chi connectivity index (χ1) is 44.6. The van der Waals surface area contributed by atoms with Crippen LogP contribution in [0.4, 0.5) is 34.1 Å². The van der Waals surface area contributed by atoms with Gasteiger partial charge in [0, 0.05) is 86.6 Å². The van der Waals surface area contributed by atoms with Crippen LogP contribution in [0, 0.1) is 0 Å². The predicted molar refractivity (Wildman–Crippen MR) is 381 cm³/mol. The first kappa shape index (κ1) is 51.5. The Morgan fingerprint density at radius 3 is 1.36 bits per heavy atom. The Morgan fingerprint density at radius 2 is 0.733 bits per heavy atom. The lowest BCUT2D eigenvalue weighted by atomic mass is 9.97. The summed E-state index contributed by atoms with van der Waals surface area (Å²) in [5.41, 5.74) is 21.8. The first-order valence-corrected chi connectivity index (χ1v) is 31.5. The highest BCUT2D eigenvalue weighted by molar-refractivity contribution is 7.26. The van der Waals surface area contributed by atoms with Gasteiger partial charge in [-0.2, -0.15) is 0 Å². The molecule has 422 valence electrons. The van der Waals surface area contributed by atoms with Crippen molar-refractivity contribution in [3.05, 3.63) is 328 Å². The predicted octanol–water partition coefficient (Wildman–Crippen LogP) is 24.1. The molecule has 0 unspecified atom stereocenters. The molecule has 4 heterocycles. The summed E-state index contributed by atoms with van der Waals surface area (Å²) in [7, 11) is 0. The number of nitrogens with zero attached hydrogens (tertiary/aromatic N) is 4. The number of hydrogen-bond acceptors (Lipinski definition) is 4. The Morgan fingerprint density at radius 1 is 0.267 bits per heavy atom. The molecule has 0 N–H and O–H groups in total. The number of furan rings is 1. The van der Waals surface area contributed by atoms with Crippen molar-refractivity contribution >= 4 is 131 Å². The second-order valence-corrected chi connectivity index (χ2v) is 24.3. The van der Waals surface area contributed by atoms with Gasteiger partial charge in [0.25, 0.3) is 0 Å². The Balaban J connectivity index is 0.753. The van der Waals surface area contributed by atoms with E-state index in [9.17, 15) is 0 Å². The number of rotatable bonds is 11. The smallest absolute Gasteiger partial charge is 0.160 e. The number of para-hydroxylation sites is 6. The average molecular weight is 1170 g/mol. The summed E-state index contributed by atoms with van der Waals surface area (Å²) in [6.45, 7) is 0. The molecule has 0 amide bonds. The van der Waals surface area contributed by atoms with E-state index in [1.807, 2.05) is 11.3 Å². The van der Waals surface area contributed by atoms with Crippen molar-refractivity contribution in [3.8, 4) is 44.8 Å². The van der Waals surface area contributed by atoms with Crippen molar-refractivity contribution in [3.63, 3.8) is 0 Å². The van der Waals surface area contributed by atoms with E-state index in [0.29, 0.717) is 0 Å². The van der Waals surface area contributed by atoms with E-state index >= 15 is 0 Å². The van der Waals surface area contributed by atoms with Crippen LogP contribution in [0.2, 0.25) is 0 Å². The van der Waals surface area contributed by atoms with E-state index < -0.39 is 0 Å². The lowest BCUT2D eigenvalue weighted by Gasteiger charge is -2.27. The highest BCUT2D eigenvalue weighted by Gasteiger charge is 2.25. The maximum atomic E-state index is 7.13. The van der Waals surface area contributed by atoms with Gasteiger partial charge in [0.1, 0.15) is 5.58 Å². The third-order valence-corrected chi connectivity index (χ3v) is 19.2. The van der Waals surface area contributed by atoms with E-state index in [4.69, 9.17) is 4.42 Å². The zero-order valence-electron chi connectivity index (χ0n) is 48.8. The second-order valence-electron chi connectivity index (χ2n) is 23.2. The Hall–Kier alpha value is -11.7. The van der Waals surface area contributed by atoms with Crippen LogP contribution >= 0.6 is 11.3 Å². The Kier molecular flexibility index (Phi) is 12.0. The van der Waals surface area contributed by atoms with Crippen molar-refractivity contribution in [2.75, 3.05) is 9.80 Å². The third kappa shape index (κ3) is 8.37. The fraction of sp³-hybridized carbons (Fsp3) is 0. The molecule has 0 saturated heterocycles. The molecule has 0 aliphatic rings.